The van der Waals surface area contributed by atoms with Crippen molar-refractivity contribution in [2.24, 2.45) is 0 Å². The van der Waals surface area contributed by atoms with Crippen molar-refractivity contribution in [1.82, 2.24) is 10.2 Å². The quantitative estimate of drug-likeness (QED) is 0.703. The second-order valence-corrected chi connectivity index (χ2v) is 5.85. The fourth-order valence-electron chi connectivity index (χ4n) is 2.47. The van der Waals surface area contributed by atoms with Gasteiger partial charge in [-0.05, 0) is 38.8 Å². The highest BCUT2D eigenvalue weighted by atomic mass is 16.5. The third-order valence-corrected chi connectivity index (χ3v) is 3.54. The van der Waals surface area contributed by atoms with Crippen LogP contribution >= 0.6 is 0 Å². The van der Waals surface area contributed by atoms with Gasteiger partial charge in [0.2, 0.25) is 0 Å². The SMILES string of the molecule is COCc1ccc(CNCCN(C(C)C)C(C)C)cc1. The van der Waals surface area contributed by atoms with Crippen LogP contribution in [0.2, 0.25) is 0 Å². The molecule has 0 aliphatic rings. The van der Waals surface area contributed by atoms with Crippen LogP contribution in [0, 0.1) is 0 Å². The van der Waals surface area contributed by atoms with Gasteiger partial charge in [0.1, 0.15) is 0 Å². The summed E-state index contributed by atoms with van der Waals surface area (Å²) in [6, 6.07) is 9.81. The fraction of sp³-hybridized carbons (Fsp3) is 0.647. The molecule has 0 spiro atoms. The van der Waals surface area contributed by atoms with Gasteiger partial charge in [-0.25, -0.2) is 0 Å². The smallest absolute Gasteiger partial charge is 0.0713 e. The summed E-state index contributed by atoms with van der Waals surface area (Å²) in [5.41, 5.74) is 2.55. The van der Waals surface area contributed by atoms with E-state index in [-0.39, 0.29) is 0 Å². The van der Waals surface area contributed by atoms with E-state index >= 15 is 0 Å². The molecule has 1 rings (SSSR count). The highest BCUT2D eigenvalue weighted by Crippen LogP contribution is 2.06. The van der Waals surface area contributed by atoms with E-state index in [1.807, 2.05) is 0 Å². The van der Waals surface area contributed by atoms with Crippen molar-refractivity contribution in [3.05, 3.63) is 35.4 Å². The van der Waals surface area contributed by atoms with Gasteiger partial charge < -0.3 is 10.1 Å². The Kier molecular flexibility index (Phi) is 7.82. The van der Waals surface area contributed by atoms with Gasteiger partial charge >= 0.3 is 0 Å². The fourth-order valence-corrected chi connectivity index (χ4v) is 2.47. The number of hydrogen-bond acceptors (Lipinski definition) is 3. The molecule has 1 aromatic rings. The molecule has 0 heterocycles. The Morgan fingerprint density at radius 2 is 1.55 bits per heavy atom. The number of methoxy groups -OCH3 is 1. The molecule has 0 amide bonds. The van der Waals surface area contributed by atoms with Crippen LogP contribution in [0.4, 0.5) is 0 Å². The maximum atomic E-state index is 5.12. The number of rotatable bonds is 9. The molecule has 0 bridgehead atoms. The van der Waals surface area contributed by atoms with E-state index in [1.165, 1.54) is 11.1 Å². The van der Waals surface area contributed by atoms with E-state index in [0.29, 0.717) is 18.7 Å². The summed E-state index contributed by atoms with van der Waals surface area (Å²) in [6.45, 7) is 12.8. The third kappa shape index (κ3) is 6.04. The van der Waals surface area contributed by atoms with Gasteiger partial charge in [0.25, 0.3) is 0 Å². The average Bonchev–Trinajstić information content (AvgIpc) is 2.40. The van der Waals surface area contributed by atoms with Crippen LogP contribution < -0.4 is 5.32 Å². The zero-order valence-corrected chi connectivity index (χ0v) is 13.6. The monoisotopic (exact) mass is 278 g/mol. The highest BCUT2D eigenvalue weighted by Gasteiger charge is 2.11. The molecule has 0 aliphatic carbocycles. The second kappa shape index (κ2) is 9.11. The summed E-state index contributed by atoms with van der Waals surface area (Å²) in [6.07, 6.45) is 0. The first-order valence-corrected chi connectivity index (χ1v) is 7.57. The van der Waals surface area contributed by atoms with Gasteiger partial charge in [-0.15, -0.1) is 0 Å². The summed E-state index contributed by atoms with van der Waals surface area (Å²) in [7, 11) is 1.73. The minimum Gasteiger partial charge on any atom is -0.380 e. The normalized spacial score (nSPS) is 11.8. The van der Waals surface area contributed by atoms with E-state index in [1.54, 1.807) is 7.11 Å². The van der Waals surface area contributed by atoms with Crippen molar-refractivity contribution in [3.63, 3.8) is 0 Å². The minimum atomic E-state index is 0.602. The van der Waals surface area contributed by atoms with Crippen molar-refractivity contribution < 1.29 is 4.74 Å². The highest BCUT2D eigenvalue weighted by molar-refractivity contribution is 5.21. The summed E-state index contributed by atoms with van der Waals surface area (Å²) in [5, 5.41) is 3.52. The minimum absolute atomic E-state index is 0.602. The lowest BCUT2D eigenvalue weighted by Gasteiger charge is -2.30. The average molecular weight is 278 g/mol. The Morgan fingerprint density at radius 3 is 2.05 bits per heavy atom. The zero-order chi connectivity index (χ0) is 15.0. The van der Waals surface area contributed by atoms with Crippen LogP contribution in [0.5, 0.6) is 0 Å². The van der Waals surface area contributed by atoms with Crippen molar-refractivity contribution in [2.75, 3.05) is 20.2 Å². The molecule has 0 fully saturated rings. The number of ether oxygens (including phenoxy) is 1. The van der Waals surface area contributed by atoms with E-state index < -0.39 is 0 Å². The Morgan fingerprint density at radius 1 is 1.00 bits per heavy atom. The van der Waals surface area contributed by atoms with Crippen LogP contribution in [-0.4, -0.2) is 37.2 Å². The molecule has 0 atom stereocenters. The van der Waals surface area contributed by atoms with Gasteiger partial charge in [0.05, 0.1) is 6.61 Å². The van der Waals surface area contributed by atoms with E-state index in [2.05, 4.69) is 62.2 Å². The largest absolute Gasteiger partial charge is 0.380 e. The lowest BCUT2D eigenvalue weighted by Crippen LogP contribution is -2.41. The first-order valence-electron chi connectivity index (χ1n) is 7.57. The molecule has 0 aliphatic heterocycles. The summed E-state index contributed by atoms with van der Waals surface area (Å²) in [5.74, 6) is 0. The van der Waals surface area contributed by atoms with Crippen molar-refractivity contribution in [2.45, 2.75) is 52.9 Å². The Bertz CT molecular complexity index is 352. The maximum absolute atomic E-state index is 5.12. The van der Waals surface area contributed by atoms with Crippen LogP contribution in [0.25, 0.3) is 0 Å². The molecule has 0 radical (unpaired) electrons. The van der Waals surface area contributed by atoms with E-state index in [4.69, 9.17) is 4.74 Å². The van der Waals surface area contributed by atoms with Crippen molar-refractivity contribution in [1.29, 1.82) is 0 Å². The van der Waals surface area contributed by atoms with Gasteiger partial charge in [-0.2, -0.15) is 0 Å². The molecule has 0 unspecified atom stereocenters. The van der Waals surface area contributed by atoms with Crippen LogP contribution in [0.1, 0.15) is 38.8 Å². The van der Waals surface area contributed by atoms with E-state index in [9.17, 15) is 0 Å². The summed E-state index contributed by atoms with van der Waals surface area (Å²) in [4.78, 5) is 2.51. The summed E-state index contributed by atoms with van der Waals surface area (Å²) < 4.78 is 5.12. The first-order chi connectivity index (χ1) is 9.54. The number of benzene rings is 1. The Labute approximate surface area is 124 Å². The number of nitrogens with zero attached hydrogens (tertiary/aromatic N) is 1. The van der Waals surface area contributed by atoms with Gasteiger partial charge in [0, 0.05) is 38.8 Å². The van der Waals surface area contributed by atoms with Crippen LogP contribution in [-0.2, 0) is 17.9 Å². The van der Waals surface area contributed by atoms with Crippen molar-refractivity contribution in [3.8, 4) is 0 Å². The Balaban J connectivity index is 2.30. The van der Waals surface area contributed by atoms with Gasteiger partial charge in [-0.1, -0.05) is 24.3 Å². The molecule has 1 N–H and O–H groups in total. The topological polar surface area (TPSA) is 24.5 Å². The predicted molar refractivity (Wildman–Crippen MR) is 85.8 cm³/mol. The van der Waals surface area contributed by atoms with Gasteiger partial charge in [0.15, 0.2) is 0 Å². The van der Waals surface area contributed by atoms with Crippen molar-refractivity contribution >= 4 is 0 Å². The molecule has 1 aromatic carbocycles. The van der Waals surface area contributed by atoms with E-state index in [0.717, 1.165) is 19.6 Å². The standard InChI is InChI=1S/C17H30N2O/c1-14(2)19(15(3)4)11-10-18-12-16-6-8-17(9-7-16)13-20-5/h6-9,14-15,18H,10-13H2,1-5H3. The molecule has 0 aromatic heterocycles. The predicted octanol–water partition coefficient (Wildman–Crippen LogP) is 3.04. The molecule has 114 valence electrons. The first kappa shape index (κ1) is 17.2. The molecule has 0 saturated heterocycles. The molecule has 0 saturated carbocycles. The van der Waals surface area contributed by atoms with Gasteiger partial charge in [-0.3, -0.25) is 4.90 Å². The molecule has 3 nitrogen and oxygen atoms in total. The lowest BCUT2D eigenvalue weighted by atomic mass is 10.1. The van der Waals surface area contributed by atoms with Crippen LogP contribution in [0.3, 0.4) is 0 Å². The Hall–Kier alpha value is -0.900. The van der Waals surface area contributed by atoms with Crippen LogP contribution in [0.15, 0.2) is 24.3 Å². The maximum Gasteiger partial charge on any atom is 0.0713 e. The molecular formula is C17H30N2O. The summed E-state index contributed by atoms with van der Waals surface area (Å²) >= 11 is 0. The zero-order valence-electron chi connectivity index (χ0n) is 13.6. The second-order valence-electron chi connectivity index (χ2n) is 5.85. The molecule has 3 heteroatoms. The third-order valence-electron chi connectivity index (χ3n) is 3.54. The number of nitrogens with one attached hydrogen (secondary N) is 1. The molecule has 20 heavy (non-hydrogen) atoms. The number of hydrogen-bond donors (Lipinski definition) is 1. The molecular weight excluding hydrogens is 248 g/mol. The lowest BCUT2D eigenvalue weighted by molar-refractivity contribution is 0.176.